The van der Waals surface area contributed by atoms with Gasteiger partial charge in [0.05, 0.1) is 4.92 Å². The molecule has 0 N–H and O–H groups in total. The predicted molar refractivity (Wildman–Crippen MR) is 101 cm³/mol. The van der Waals surface area contributed by atoms with E-state index in [1.807, 2.05) is 18.2 Å². The van der Waals surface area contributed by atoms with Crippen LogP contribution >= 0.6 is 23.2 Å². The fourth-order valence-electron chi connectivity index (χ4n) is 3.81. The number of non-ortho nitro benzene ring substituents is 1. The molecule has 0 bridgehead atoms. The molecule has 1 aliphatic heterocycles. The highest BCUT2D eigenvalue weighted by molar-refractivity contribution is 6.30. The van der Waals surface area contributed by atoms with Crippen LogP contribution in [0.25, 0.3) is 11.3 Å². The topological polar surface area (TPSA) is 46.4 Å². The van der Waals surface area contributed by atoms with Crippen LogP contribution in [-0.4, -0.2) is 22.2 Å². The number of hydrogen-bond acceptors (Lipinski definition) is 3. The minimum absolute atomic E-state index is 0.138. The second-order valence-corrected chi connectivity index (χ2v) is 7.18. The van der Waals surface area contributed by atoms with Crippen LogP contribution in [0.1, 0.15) is 28.7 Å². The van der Waals surface area contributed by atoms with Crippen molar-refractivity contribution in [1.29, 1.82) is 0 Å². The summed E-state index contributed by atoms with van der Waals surface area (Å²) >= 11 is 12.1. The molecule has 0 unspecified atom stereocenters. The Hall–Kier alpha value is -2.04. The largest absolute Gasteiger partial charge is 0.366 e. The van der Waals surface area contributed by atoms with Crippen molar-refractivity contribution in [2.24, 2.45) is 0 Å². The Morgan fingerprint density at radius 1 is 1.12 bits per heavy atom. The van der Waals surface area contributed by atoms with E-state index in [9.17, 15) is 10.1 Å². The Bertz CT molecular complexity index is 908. The van der Waals surface area contributed by atoms with E-state index in [2.05, 4.69) is 11.0 Å². The molecular formula is C19H16Cl2N2O2. The number of rotatable bonds is 4. The molecule has 1 heterocycles. The average molecular weight is 375 g/mol. The Kier molecular flexibility index (Phi) is 4.18. The minimum atomic E-state index is -0.337. The van der Waals surface area contributed by atoms with Gasteiger partial charge in [0.2, 0.25) is 0 Å². The highest BCUT2D eigenvalue weighted by atomic mass is 35.5. The van der Waals surface area contributed by atoms with Gasteiger partial charge in [0.25, 0.3) is 5.69 Å². The number of alkyl halides is 1. The van der Waals surface area contributed by atoms with E-state index < -0.39 is 0 Å². The van der Waals surface area contributed by atoms with Gasteiger partial charge < -0.3 is 4.90 Å². The van der Waals surface area contributed by atoms with E-state index in [1.165, 1.54) is 22.4 Å². The third-order valence-electron chi connectivity index (χ3n) is 4.84. The second kappa shape index (κ2) is 6.36. The average Bonchev–Trinajstić information content (AvgIpc) is 2.97. The summed E-state index contributed by atoms with van der Waals surface area (Å²) in [5, 5.41) is 11.9. The van der Waals surface area contributed by atoms with Crippen LogP contribution in [0, 0.1) is 10.1 Å². The Labute approximate surface area is 155 Å². The third kappa shape index (κ3) is 2.79. The molecule has 4 nitrogen and oxygen atoms in total. The maximum absolute atomic E-state index is 11.1. The zero-order chi connectivity index (χ0) is 17.6. The molecule has 0 saturated carbocycles. The van der Waals surface area contributed by atoms with E-state index in [-0.39, 0.29) is 10.6 Å². The Morgan fingerprint density at radius 3 is 2.68 bits per heavy atom. The predicted octanol–water partition coefficient (Wildman–Crippen LogP) is 5.12. The summed E-state index contributed by atoms with van der Waals surface area (Å²) < 4.78 is 0. The fraction of sp³-hybridized carbons (Fsp3) is 0.263. The number of hydrogen-bond donors (Lipinski definition) is 0. The van der Waals surface area contributed by atoms with E-state index in [0.717, 1.165) is 35.5 Å². The number of benzene rings is 2. The quantitative estimate of drug-likeness (QED) is 0.424. The van der Waals surface area contributed by atoms with Crippen LogP contribution in [0.5, 0.6) is 0 Å². The number of nitro groups is 1. The van der Waals surface area contributed by atoms with E-state index in [0.29, 0.717) is 12.4 Å². The summed E-state index contributed by atoms with van der Waals surface area (Å²) in [5.41, 5.74) is 7.11. The number of fused-ring (bicyclic) bond motifs is 4. The van der Waals surface area contributed by atoms with Crippen LogP contribution in [0.2, 0.25) is 5.02 Å². The molecule has 0 atom stereocenters. The first-order valence-corrected chi connectivity index (χ1v) is 9.10. The van der Waals surface area contributed by atoms with Crippen molar-refractivity contribution in [3.05, 3.63) is 73.8 Å². The van der Waals surface area contributed by atoms with Crippen molar-refractivity contribution in [2.75, 3.05) is 12.4 Å². The maximum atomic E-state index is 11.1. The Morgan fingerprint density at radius 2 is 1.92 bits per heavy atom. The summed E-state index contributed by atoms with van der Waals surface area (Å²) in [6, 6.07) is 11.2. The molecule has 0 fully saturated rings. The van der Waals surface area contributed by atoms with E-state index in [4.69, 9.17) is 23.2 Å². The van der Waals surface area contributed by atoms with Crippen molar-refractivity contribution in [3.63, 3.8) is 0 Å². The van der Waals surface area contributed by atoms with Gasteiger partial charge in [-0.25, -0.2) is 0 Å². The van der Waals surface area contributed by atoms with Crippen LogP contribution < -0.4 is 0 Å². The maximum Gasteiger partial charge on any atom is 0.269 e. The Balaban J connectivity index is 1.84. The molecule has 0 saturated heterocycles. The van der Waals surface area contributed by atoms with Crippen molar-refractivity contribution < 1.29 is 4.92 Å². The van der Waals surface area contributed by atoms with E-state index in [1.54, 1.807) is 12.1 Å². The second-order valence-electron chi connectivity index (χ2n) is 6.37. The van der Waals surface area contributed by atoms with Crippen LogP contribution in [0.3, 0.4) is 0 Å². The molecule has 0 radical (unpaired) electrons. The molecule has 2 aromatic carbocycles. The zero-order valence-corrected chi connectivity index (χ0v) is 15.0. The number of nitrogens with zero attached hydrogens (tertiary/aromatic N) is 2. The third-order valence-corrected chi connectivity index (χ3v) is 5.34. The van der Waals surface area contributed by atoms with Crippen LogP contribution in [0.15, 0.2) is 36.4 Å². The summed E-state index contributed by atoms with van der Waals surface area (Å²) in [4.78, 5) is 13.1. The fourth-order valence-corrected chi connectivity index (χ4v) is 4.12. The number of nitro benzene ring substituents is 1. The van der Waals surface area contributed by atoms with Gasteiger partial charge in [0.15, 0.2) is 0 Å². The first kappa shape index (κ1) is 16.4. The van der Waals surface area contributed by atoms with Gasteiger partial charge in [-0.15, -0.1) is 11.6 Å². The zero-order valence-electron chi connectivity index (χ0n) is 13.5. The van der Waals surface area contributed by atoms with Crippen LogP contribution in [-0.2, 0) is 13.0 Å². The lowest BCUT2D eigenvalue weighted by molar-refractivity contribution is -0.384. The molecule has 0 amide bonds. The van der Waals surface area contributed by atoms with Gasteiger partial charge in [-0.3, -0.25) is 10.1 Å². The minimum Gasteiger partial charge on any atom is -0.366 e. The van der Waals surface area contributed by atoms with Crippen molar-refractivity contribution in [3.8, 4) is 0 Å². The molecule has 128 valence electrons. The number of halogens is 2. The van der Waals surface area contributed by atoms with Gasteiger partial charge in [-0.1, -0.05) is 17.7 Å². The molecule has 2 aromatic rings. The molecule has 0 spiro atoms. The van der Waals surface area contributed by atoms with Gasteiger partial charge in [0, 0.05) is 53.8 Å². The first-order chi connectivity index (χ1) is 12.1. The molecular weight excluding hydrogens is 359 g/mol. The van der Waals surface area contributed by atoms with Crippen molar-refractivity contribution in [1.82, 2.24) is 4.90 Å². The summed E-state index contributed by atoms with van der Waals surface area (Å²) in [6.45, 7) is 1.49. The molecule has 25 heavy (non-hydrogen) atoms. The SMILES string of the molecule is O=[N+]([O-])c1ccc2c(c1)CN(CCCCl)C1=C2Cc2cc(Cl)ccc21. The molecule has 0 aromatic heterocycles. The first-order valence-electron chi connectivity index (χ1n) is 8.19. The molecule has 4 rings (SSSR count). The monoisotopic (exact) mass is 374 g/mol. The van der Waals surface area contributed by atoms with Gasteiger partial charge in [-0.05, 0) is 46.9 Å². The molecule has 1 aliphatic carbocycles. The summed E-state index contributed by atoms with van der Waals surface area (Å²) in [7, 11) is 0. The lowest BCUT2D eigenvalue weighted by atomic mass is 9.93. The smallest absolute Gasteiger partial charge is 0.269 e. The van der Waals surface area contributed by atoms with Crippen LogP contribution in [0.4, 0.5) is 5.69 Å². The summed E-state index contributed by atoms with van der Waals surface area (Å²) in [5.74, 6) is 0.592. The highest BCUT2D eigenvalue weighted by Crippen LogP contribution is 2.46. The lowest BCUT2D eigenvalue weighted by Crippen LogP contribution is -2.27. The molecule has 6 heteroatoms. The van der Waals surface area contributed by atoms with Gasteiger partial charge in [0.1, 0.15) is 0 Å². The summed E-state index contributed by atoms with van der Waals surface area (Å²) in [6.07, 6.45) is 1.67. The van der Waals surface area contributed by atoms with Gasteiger partial charge in [-0.2, -0.15) is 0 Å². The standard InChI is InChI=1S/C19H16Cl2N2O2/c20-6-1-7-22-11-13-9-15(23(24)25)3-5-16(13)18-10-12-8-14(21)2-4-17(12)19(18)22/h2-5,8-9H,1,6-7,10-11H2. The number of allylic oxidation sites excluding steroid dienone is 1. The normalized spacial score (nSPS) is 15.0. The molecule has 2 aliphatic rings. The van der Waals surface area contributed by atoms with Crippen molar-refractivity contribution >= 4 is 40.2 Å². The van der Waals surface area contributed by atoms with E-state index >= 15 is 0 Å². The van der Waals surface area contributed by atoms with Crippen molar-refractivity contribution in [2.45, 2.75) is 19.4 Å². The van der Waals surface area contributed by atoms with Gasteiger partial charge >= 0.3 is 0 Å². The highest BCUT2D eigenvalue weighted by Gasteiger charge is 2.32. The lowest BCUT2D eigenvalue weighted by Gasteiger charge is -2.33.